The van der Waals surface area contributed by atoms with Gasteiger partial charge in [0.15, 0.2) is 6.10 Å². The molecule has 1 heterocycles. The highest BCUT2D eigenvalue weighted by molar-refractivity contribution is 5.99. The number of hydrogen-bond donors (Lipinski definition) is 1. The number of carbonyl (C=O) groups is 1. The topological polar surface area (TPSA) is 55.6 Å². The van der Waals surface area contributed by atoms with Crippen LogP contribution in [0.15, 0.2) is 12.1 Å². The Morgan fingerprint density at radius 2 is 2.12 bits per heavy atom. The van der Waals surface area contributed by atoms with E-state index in [0.717, 1.165) is 22.6 Å². The van der Waals surface area contributed by atoms with Crippen molar-refractivity contribution < 1.29 is 9.53 Å². The molecule has 0 fully saturated rings. The fourth-order valence-corrected chi connectivity index (χ4v) is 2.05. The molecule has 4 nitrogen and oxygen atoms in total. The third kappa shape index (κ3) is 1.89. The normalized spacial score (nSPS) is 18.9. The number of carbonyl (C=O) groups excluding carboxylic acids is 1. The minimum Gasteiger partial charge on any atom is -0.478 e. The number of amides is 1. The quantitative estimate of drug-likeness (QED) is 0.841. The van der Waals surface area contributed by atoms with Crippen molar-refractivity contribution in [2.75, 3.05) is 18.5 Å². The maximum Gasteiger partial charge on any atom is 0.267 e. The van der Waals surface area contributed by atoms with Crippen molar-refractivity contribution in [3.63, 3.8) is 0 Å². The van der Waals surface area contributed by atoms with Gasteiger partial charge in [0.1, 0.15) is 5.75 Å². The molecule has 1 aliphatic heterocycles. The number of benzene rings is 1. The molecule has 2 N–H and O–H groups in total. The summed E-state index contributed by atoms with van der Waals surface area (Å²) in [6.45, 7) is 4.50. The molecule has 2 rings (SSSR count). The van der Waals surface area contributed by atoms with E-state index in [-0.39, 0.29) is 5.91 Å². The van der Waals surface area contributed by atoms with E-state index in [1.54, 1.807) is 11.9 Å². The van der Waals surface area contributed by atoms with Crippen molar-refractivity contribution in [1.82, 2.24) is 0 Å². The molecule has 17 heavy (non-hydrogen) atoms. The Kier molecular flexibility index (Phi) is 3.07. The van der Waals surface area contributed by atoms with E-state index < -0.39 is 6.10 Å². The Hall–Kier alpha value is -1.55. The molecule has 0 bridgehead atoms. The van der Waals surface area contributed by atoms with E-state index in [1.807, 2.05) is 26.0 Å². The van der Waals surface area contributed by atoms with Crippen LogP contribution in [0.1, 0.15) is 17.5 Å². The Balaban J connectivity index is 2.46. The smallest absolute Gasteiger partial charge is 0.267 e. The number of hydrogen-bond acceptors (Lipinski definition) is 3. The average molecular weight is 234 g/mol. The first-order chi connectivity index (χ1) is 8.06. The number of aryl methyl sites for hydroxylation is 1. The first kappa shape index (κ1) is 11.9. The largest absolute Gasteiger partial charge is 0.478 e. The Bertz CT molecular complexity index is 457. The summed E-state index contributed by atoms with van der Waals surface area (Å²) in [6.07, 6.45) is 0.105. The van der Waals surface area contributed by atoms with Crippen molar-refractivity contribution in [3.8, 4) is 5.75 Å². The summed E-state index contributed by atoms with van der Waals surface area (Å²) in [5, 5.41) is 0. The molecule has 1 atom stereocenters. The zero-order valence-electron chi connectivity index (χ0n) is 10.5. The third-order valence-corrected chi connectivity index (χ3v) is 3.31. The highest BCUT2D eigenvalue weighted by Gasteiger charge is 2.32. The molecule has 1 unspecified atom stereocenters. The van der Waals surface area contributed by atoms with Gasteiger partial charge < -0.3 is 15.4 Å². The van der Waals surface area contributed by atoms with Gasteiger partial charge in [-0.1, -0.05) is 6.07 Å². The van der Waals surface area contributed by atoms with Crippen molar-refractivity contribution >= 4 is 11.6 Å². The molecule has 4 heteroatoms. The van der Waals surface area contributed by atoms with Gasteiger partial charge >= 0.3 is 0 Å². The monoisotopic (exact) mass is 234 g/mol. The second kappa shape index (κ2) is 4.37. The van der Waals surface area contributed by atoms with Gasteiger partial charge in [0.05, 0.1) is 5.69 Å². The molecule has 1 aromatic carbocycles. The van der Waals surface area contributed by atoms with E-state index in [9.17, 15) is 4.79 Å². The SMILES string of the molecule is Cc1ccc2c(c1C)OC(CCN)C(=O)N2C. The maximum atomic E-state index is 12.0. The van der Waals surface area contributed by atoms with Crippen molar-refractivity contribution in [3.05, 3.63) is 23.3 Å². The second-order valence-corrected chi connectivity index (χ2v) is 4.44. The van der Waals surface area contributed by atoms with Crippen LogP contribution >= 0.6 is 0 Å². The molecular weight excluding hydrogens is 216 g/mol. The van der Waals surface area contributed by atoms with E-state index in [1.165, 1.54) is 0 Å². The summed E-state index contributed by atoms with van der Waals surface area (Å²) in [5.74, 6) is 0.789. The van der Waals surface area contributed by atoms with Crippen LogP contribution < -0.4 is 15.4 Å². The molecule has 0 radical (unpaired) electrons. The van der Waals surface area contributed by atoms with Crippen LogP contribution in [-0.2, 0) is 4.79 Å². The van der Waals surface area contributed by atoms with Crippen LogP contribution in [0.25, 0.3) is 0 Å². The summed E-state index contributed by atoms with van der Waals surface area (Å²) in [4.78, 5) is 13.7. The maximum absolute atomic E-state index is 12.0. The number of fused-ring (bicyclic) bond motifs is 1. The molecule has 1 aliphatic rings. The van der Waals surface area contributed by atoms with Gasteiger partial charge in [-0.05, 0) is 37.6 Å². The van der Waals surface area contributed by atoms with Crippen LogP contribution in [0.2, 0.25) is 0 Å². The standard InChI is InChI=1S/C13H18N2O2/c1-8-4-5-10-12(9(8)2)17-11(6-7-14)13(16)15(10)3/h4-5,11H,6-7,14H2,1-3H3. The highest BCUT2D eigenvalue weighted by Crippen LogP contribution is 2.37. The van der Waals surface area contributed by atoms with E-state index in [0.29, 0.717) is 13.0 Å². The number of nitrogens with two attached hydrogens (primary N) is 1. The molecule has 0 spiro atoms. The minimum absolute atomic E-state index is 0.0220. The lowest BCUT2D eigenvalue weighted by Gasteiger charge is -2.33. The summed E-state index contributed by atoms with van der Waals surface area (Å²) < 4.78 is 5.80. The van der Waals surface area contributed by atoms with Crippen LogP contribution in [-0.4, -0.2) is 25.6 Å². The molecule has 92 valence electrons. The van der Waals surface area contributed by atoms with Crippen molar-refractivity contribution in [1.29, 1.82) is 0 Å². The average Bonchev–Trinajstić information content (AvgIpc) is 2.31. The highest BCUT2D eigenvalue weighted by atomic mass is 16.5. The Morgan fingerprint density at radius 1 is 1.41 bits per heavy atom. The number of anilines is 1. The van der Waals surface area contributed by atoms with Gasteiger partial charge in [-0.2, -0.15) is 0 Å². The zero-order chi connectivity index (χ0) is 12.6. The molecule has 1 aromatic rings. The second-order valence-electron chi connectivity index (χ2n) is 4.44. The Morgan fingerprint density at radius 3 is 2.76 bits per heavy atom. The van der Waals surface area contributed by atoms with E-state index in [2.05, 4.69) is 0 Å². The van der Waals surface area contributed by atoms with Gasteiger partial charge in [0, 0.05) is 13.5 Å². The number of ether oxygens (including phenoxy) is 1. The molecule has 0 saturated heterocycles. The lowest BCUT2D eigenvalue weighted by Crippen LogP contribution is -2.44. The minimum atomic E-state index is -0.446. The van der Waals surface area contributed by atoms with Crippen molar-refractivity contribution in [2.45, 2.75) is 26.4 Å². The molecule has 1 amide bonds. The number of nitrogens with zero attached hydrogens (tertiary/aromatic N) is 1. The van der Waals surface area contributed by atoms with E-state index >= 15 is 0 Å². The lowest BCUT2D eigenvalue weighted by atomic mass is 10.0. The molecular formula is C13H18N2O2. The predicted molar refractivity (Wildman–Crippen MR) is 67.4 cm³/mol. The first-order valence-corrected chi connectivity index (χ1v) is 5.80. The predicted octanol–water partition coefficient (Wildman–Crippen LogP) is 1.38. The summed E-state index contributed by atoms with van der Waals surface area (Å²) >= 11 is 0. The summed E-state index contributed by atoms with van der Waals surface area (Å²) in [7, 11) is 1.78. The summed E-state index contributed by atoms with van der Waals surface area (Å²) in [5.41, 5.74) is 8.60. The Labute approximate surface area is 101 Å². The fraction of sp³-hybridized carbons (Fsp3) is 0.462. The zero-order valence-corrected chi connectivity index (χ0v) is 10.5. The van der Waals surface area contributed by atoms with E-state index in [4.69, 9.17) is 10.5 Å². The third-order valence-electron chi connectivity index (χ3n) is 3.31. The van der Waals surface area contributed by atoms with Gasteiger partial charge in [-0.15, -0.1) is 0 Å². The van der Waals surface area contributed by atoms with Crippen molar-refractivity contribution in [2.24, 2.45) is 5.73 Å². The summed E-state index contributed by atoms with van der Waals surface area (Å²) in [6, 6.07) is 3.93. The fourth-order valence-electron chi connectivity index (χ4n) is 2.05. The van der Waals surface area contributed by atoms with Crippen LogP contribution in [0.4, 0.5) is 5.69 Å². The number of likely N-dealkylation sites (N-methyl/N-ethyl adjacent to an activating group) is 1. The van der Waals surface area contributed by atoms with Gasteiger partial charge in [-0.25, -0.2) is 0 Å². The first-order valence-electron chi connectivity index (χ1n) is 5.80. The van der Waals surface area contributed by atoms with Gasteiger partial charge in [0.25, 0.3) is 5.91 Å². The van der Waals surface area contributed by atoms with Crippen LogP contribution in [0.5, 0.6) is 5.75 Å². The lowest BCUT2D eigenvalue weighted by molar-refractivity contribution is -0.126. The number of rotatable bonds is 2. The molecule has 0 aliphatic carbocycles. The molecule has 0 saturated carbocycles. The van der Waals surface area contributed by atoms with Gasteiger partial charge in [-0.3, -0.25) is 4.79 Å². The molecule has 0 aromatic heterocycles. The van der Waals surface area contributed by atoms with Gasteiger partial charge in [0.2, 0.25) is 0 Å². The van der Waals surface area contributed by atoms with Crippen LogP contribution in [0, 0.1) is 13.8 Å². The van der Waals surface area contributed by atoms with Crippen LogP contribution in [0.3, 0.4) is 0 Å².